The van der Waals surface area contributed by atoms with Crippen molar-refractivity contribution in [2.45, 2.75) is 37.5 Å². The Morgan fingerprint density at radius 3 is 2.43 bits per heavy atom. The molecule has 0 bridgehead atoms. The third-order valence-electron chi connectivity index (χ3n) is 5.01. The molecule has 0 radical (unpaired) electrons. The number of carbonyl (C=O) groups is 1. The van der Waals surface area contributed by atoms with Crippen LogP contribution in [0.2, 0.25) is 0 Å². The van der Waals surface area contributed by atoms with Crippen molar-refractivity contribution < 1.29 is 31.9 Å². The average molecular weight is 403 g/mol. The molecule has 28 heavy (non-hydrogen) atoms. The van der Waals surface area contributed by atoms with Crippen LogP contribution in [0.3, 0.4) is 0 Å². The van der Waals surface area contributed by atoms with Gasteiger partial charge >= 0.3 is 6.18 Å². The minimum atomic E-state index is -5.07. The van der Waals surface area contributed by atoms with Crippen LogP contribution in [0.25, 0.3) is 5.69 Å². The summed E-state index contributed by atoms with van der Waals surface area (Å²) in [5, 5.41) is 9.56. The fourth-order valence-electron chi connectivity index (χ4n) is 3.29. The largest absolute Gasteiger partial charge is 0.426 e. The number of hydrogen-bond acceptors (Lipinski definition) is 3. The highest BCUT2D eigenvalue weighted by molar-refractivity contribution is 5.85. The van der Waals surface area contributed by atoms with E-state index < -0.39 is 29.3 Å². The lowest BCUT2D eigenvalue weighted by Gasteiger charge is -2.36. The number of amides is 1. The van der Waals surface area contributed by atoms with Gasteiger partial charge < -0.3 is 14.6 Å². The van der Waals surface area contributed by atoms with E-state index >= 15 is 0 Å². The number of nitrogens with zero attached hydrogens (tertiary/aromatic N) is 3. The van der Waals surface area contributed by atoms with Crippen molar-refractivity contribution in [2.24, 2.45) is 0 Å². The van der Waals surface area contributed by atoms with Crippen LogP contribution in [0.5, 0.6) is 0 Å². The van der Waals surface area contributed by atoms with Gasteiger partial charge in [0.1, 0.15) is 11.6 Å². The van der Waals surface area contributed by atoms with Gasteiger partial charge in [-0.1, -0.05) is 0 Å². The lowest BCUT2D eigenvalue weighted by Crippen LogP contribution is -2.57. The summed E-state index contributed by atoms with van der Waals surface area (Å²) in [6.45, 7) is 0.452. The Labute approximate surface area is 157 Å². The molecule has 5 nitrogen and oxygen atoms in total. The number of rotatable bonds is 3. The first-order chi connectivity index (χ1) is 13.0. The Morgan fingerprint density at radius 2 is 1.86 bits per heavy atom. The Hall–Kier alpha value is -2.49. The molecular formula is C18H18F5N3O2. The summed E-state index contributed by atoms with van der Waals surface area (Å²) in [6.07, 6.45) is -1.56. The zero-order valence-corrected chi connectivity index (χ0v) is 14.9. The number of benzene rings is 1. The number of aromatic nitrogens is 2. The van der Waals surface area contributed by atoms with E-state index in [4.69, 9.17) is 0 Å². The molecule has 1 N–H and O–H groups in total. The molecule has 152 valence electrons. The Morgan fingerprint density at radius 1 is 1.21 bits per heavy atom. The standard InChI is InChI=1S/C18H18F5N3O2/c1-17(28,18(21,22)23)16(27)25-6-4-11(5-7-25)15-9-24-10-26(15)14-3-2-12(19)8-13(14)20/h2-3,8-11,28H,4-7H2,1H3. The van der Waals surface area contributed by atoms with E-state index in [1.807, 2.05) is 0 Å². The molecular weight excluding hydrogens is 385 g/mol. The lowest BCUT2D eigenvalue weighted by molar-refractivity contribution is -0.250. The van der Waals surface area contributed by atoms with Crippen LogP contribution in [-0.2, 0) is 4.79 Å². The maximum absolute atomic E-state index is 14.1. The molecule has 1 aliphatic rings. The highest BCUT2D eigenvalue weighted by Gasteiger charge is 2.57. The molecule has 1 saturated heterocycles. The minimum Gasteiger partial charge on any atom is -0.373 e. The highest BCUT2D eigenvalue weighted by atomic mass is 19.4. The monoisotopic (exact) mass is 403 g/mol. The van der Waals surface area contributed by atoms with Gasteiger partial charge in [-0.3, -0.25) is 4.79 Å². The lowest BCUT2D eigenvalue weighted by atomic mass is 9.92. The highest BCUT2D eigenvalue weighted by Crippen LogP contribution is 2.35. The first kappa shape index (κ1) is 20.2. The van der Waals surface area contributed by atoms with Gasteiger partial charge in [0, 0.05) is 37.0 Å². The fraction of sp³-hybridized carbons (Fsp3) is 0.444. The van der Waals surface area contributed by atoms with E-state index in [1.54, 1.807) is 0 Å². The van der Waals surface area contributed by atoms with Gasteiger partial charge in [0.05, 0.1) is 12.0 Å². The SMILES string of the molecule is CC(O)(C(=O)N1CCC(c2cncn2-c2ccc(F)cc2F)CC1)C(F)(F)F. The zero-order chi connectivity index (χ0) is 20.7. The van der Waals surface area contributed by atoms with Crippen molar-refractivity contribution in [3.05, 3.63) is 48.1 Å². The smallest absolute Gasteiger partial charge is 0.373 e. The molecule has 0 saturated carbocycles. The van der Waals surface area contributed by atoms with E-state index in [1.165, 1.54) is 23.2 Å². The van der Waals surface area contributed by atoms with Gasteiger partial charge in [0.15, 0.2) is 0 Å². The number of hydrogen-bond donors (Lipinski definition) is 1. The number of carbonyl (C=O) groups excluding carboxylic acids is 1. The number of piperidine rings is 1. The Kier molecular flexibility index (Phi) is 5.18. The third-order valence-corrected chi connectivity index (χ3v) is 5.01. The van der Waals surface area contributed by atoms with E-state index in [-0.39, 0.29) is 24.7 Å². The summed E-state index contributed by atoms with van der Waals surface area (Å²) in [5.74, 6) is -3.07. The fourth-order valence-corrected chi connectivity index (χ4v) is 3.29. The van der Waals surface area contributed by atoms with Crippen LogP contribution in [0.1, 0.15) is 31.4 Å². The molecule has 3 rings (SSSR count). The minimum absolute atomic E-state index is 0.00676. The molecule has 1 aromatic heterocycles. The molecule has 1 aromatic carbocycles. The predicted octanol–water partition coefficient (Wildman–Crippen LogP) is 3.17. The van der Waals surface area contributed by atoms with Crippen LogP contribution in [-0.4, -0.2) is 50.3 Å². The van der Waals surface area contributed by atoms with Crippen molar-refractivity contribution in [3.8, 4) is 5.69 Å². The quantitative estimate of drug-likeness (QED) is 0.801. The van der Waals surface area contributed by atoms with E-state index in [9.17, 15) is 31.9 Å². The normalized spacial score (nSPS) is 18.2. The Bertz CT molecular complexity index is 870. The van der Waals surface area contributed by atoms with E-state index in [0.29, 0.717) is 25.5 Å². The van der Waals surface area contributed by atoms with Crippen molar-refractivity contribution in [3.63, 3.8) is 0 Å². The van der Waals surface area contributed by atoms with Crippen molar-refractivity contribution in [1.82, 2.24) is 14.5 Å². The number of likely N-dealkylation sites (tertiary alicyclic amines) is 1. The average Bonchev–Trinajstić information content (AvgIpc) is 3.09. The van der Waals surface area contributed by atoms with Crippen LogP contribution in [0, 0.1) is 11.6 Å². The van der Waals surface area contributed by atoms with Crippen LogP contribution >= 0.6 is 0 Å². The van der Waals surface area contributed by atoms with Crippen molar-refractivity contribution in [1.29, 1.82) is 0 Å². The van der Waals surface area contributed by atoms with Crippen LogP contribution in [0.4, 0.5) is 22.0 Å². The molecule has 1 unspecified atom stereocenters. The summed E-state index contributed by atoms with van der Waals surface area (Å²) < 4.78 is 67.3. The first-order valence-corrected chi connectivity index (χ1v) is 8.58. The molecule has 10 heteroatoms. The second-order valence-electron chi connectivity index (χ2n) is 6.92. The summed E-state index contributed by atoms with van der Waals surface area (Å²) in [5.41, 5.74) is -2.73. The van der Waals surface area contributed by atoms with Gasteiger partial charge in [0.2, 0.25) is 5.60 Å². The third kappa shape index (κ3) is 3.60. The number of aliphatic hydroxyl groups is 1. The topological polar surface area (TPSA) is 58.4 Å². The maximum Gasteiger partial charge on any atom is 0.426 e. The predicted molar refractivity (Wildman–Crippen MR) is 88.7 cm³/mol. The van der Waals surface area contributed by atoms with Gasteiger partial charge in [-0.15, -0.1) is 0 Å². The molecule has 1 aliphatic heterocycles. The van der Waals surface area contributed by atoms with E-state index in [2.05, 4.69) is 4.98 Å². The second kappa shape index (κ2) is 7.16. The first-order valence-electron chi connectivity index (χ1n) is 8.58. The molecule has 2 aromatic rings. The molecule has 1 amide bonds. The van der Waals surface area contributed by atoms with Gasteiger partial charge in [-0.2, -0.15) is 13.2 Å². The van der Waals surface area contributed by atoms with Crippen molar-refractivity contribution >= 4 is 5.91 Å². The van der Waals surface area contributed by atoms with Gasteiger partial charge in [-0.05, 0) is 31.9 Å². The molecule has 1 atom stereocenters. The number of alkyl halides is 3. The summed E-state index contributed by atoms with van der Waals surface area (Å²) >= 11 is 0. The summed E-state index contributed by atoms with van der Waals surface area (Å²) in [7, 11) is 0. The van der Waals surface area contributed by atoms with E-state index in [0.717, 1.165) is 17.0 Å². The second-order valence-corrected chi connectivity index (χ2v) is 6.92. The van der Waals surface area contributed by atoms with Gasteiger partial charge in [-0.25, -0.2) is 13.8 Å². The van der Waals surface area contributed by atoms with Crippen molar-refractivity contribution in [2.75, 3.05) is 13.1 Å². The summed E-state index contributed by atoms with van der Waals surface area (Å²) in [6, 6.07) is 3.14. The molecule has 0 spiro atoms. The van der Waals surface area contributed by atoms with Gasteiger partial charge in [0.25, 0.3) is 5.91 Å². The molecule has 0 aliphatic carbocycles. The van der Waals surface area contributed by atoms with Crippen LogP contribution in [0.15, 0.2) is 30.7 Å². The van der Waals surface area contributed by atoms with Crippen LogP contribution < -0.4 is 0 Å². The Balaban J connectivity index is 1.75. The number of halogens is 5. The number of imidazole rings is 1. The maximum atomic E-state index is 14.1. The summed E-state index contributed by atoms with van der Waals surface area (Å²) in [4.78, 5) is 17.0. The molecule has 2 heterocycles. The zero-order valence-electron chi connectivity index (χ0n) is 14.9. The molecule has 1 fully saturated rings.